The van der Waals surface area contributed by atoms with Crippen molar-refractivity contribution < 1.29 is 9.90 Å². The Labute approximate surface area is 166 Å². The van der Waals surface area contributed by atoms with Gasteiger partial charge in [0.25, 0.3) is 0 Å². The van der Waals surface area contributed by atoms with Crippen LogP contribution in [-0.2, 0) is 0 Å². The molecular formula is C21H14Cl2N2O2. The summed E-state index contributed by atoms with van der Waals surface area (Å²) in [6, 6.07) is 20.8. The number of ketones is 1. The molecule has 0 amide bonds. The first-order valence-corrected chi connectivity index (χ1v) is 8.76. The summed E-state index contributed by atoms with van der Waals surface area (Å²) in [6.07, 6.45) is 1.30. The Morgan fingerprint density at radius 3 is 2.11 bits per heavy atom. The Hall–Kier alpha value is -2.95. The van der Waals surface area contributed by atoms with Crippen molar-refractivity contribution in [2.45, 2.75) is 0 Å². The highest BCUT2D eigenvalue weighted by Gasteiger charge is 2.16. The van der Waals surface area contributed by atoms with Gasteiger partial charge in [-0.25, -0.2) is 0 Å². The first-order chi connectivity index (χ1) is 13.1. The number of aromatic hydroxyl groups is 1. The fraction of sp³-hybridized carbons (Fsp3) is 0. The molecule has 4 nitrogen and oxygen atoms in total. The second-order valence-electron chi connectivity index (χ2n) is 5.58. The van der Waals surface area contributed by atoms with Crippen LogP contribution in [0.2, 0.25) is 10.0 Å². The van der Waals surface area contributed by atoms with Crippen molar-refractivity contribution in [2.24, 2.45) is 10.2 Å². The largest absolute Gasteiger partial charge is 0.506 e. The number of carbonyl (C=O) groups excluding carboxylic acids is 1. The molecule has 3 rings (SSSR count). The molecular weight excluding hydrogens is 383 g/mol. The van der Waals surface area contributed by atoms with Crippen molar-refractivity contribution >= 4 is 40.9 Å². The zero-order valence-electron chi connectivity index (χ0n) is 14.0. The molecule has 0 radical (unpaired) electrons. The zero-order chi connectivity index (χ0) is 19.2. The monoisotopic (exact) mass is 396 g/mol. The summed E-state index contributed by atoms with van der Waals surface area (Å²) in [7, 11) is 0. The molecule has 0 bridgehead atoms. The zero-order valence-corrected chi connectivity index (χ0v) is 15.5. The number of carbonyl (C=O) groups is 1. The Bertz CT molecular complexity index is 1020. The number of hydrogen-bond donors (Lipinski definition) is 1. The van der Waals surface area contributed by atoms with Crippen LogP contribution in [0.4, 0.5) is 0 Å². The molecule has 1 N–H and O–H groups in total. The normalized spacial score (nSPS) is 11.7. The molecule has 134 valence electrons. The van der Waals surface area contributed by atoms with Crippen LogP contribution in [0, 0.1) is 0 Å². The second kappa shape index (κ2) is 8.62. The molecule has 0 unspecified atom stereocenters. The summed E-state index contributed by atoms with van der Waals surface area (Å²) >= 11 is 11.8. The smallest absolute Gasteiger partial charge is 0.213 e. The van der Waals surface area contributed by atoms with Gasteiger partial charge in [0, 0.05) is 21.7 Å². The lowest BCUT2D eigenvalue weighted by atomic mass is 10.0. The maximum absolute atomic E-state index is 12.9. The van der Waals surface area contributed by atoms with Crippen molar-refractivity contribution in [3.8, 4) is 5.75 Å². The molecule has 3 aromatic carbocycles. The highest BCUT2D eigenvalue weighted by Crippen LogP contribution is 2.30. The minimum Gasteiger partial charge on any atom is -0.506 e. The standard InChI is InChI=1S/C21H14Cl2N2O2/c22-17-11-16(20(26)18(23)12-17)13-24-25-19(14-7-3-1-4-8-14)21(27)15-9-5-2-6-10-15/h1-13,26H/b24-13+,25-19-. The average molecular weight is 397 g/mol. The highest BCUT2D eigenvalue weighted by molar-refractivity contribution is 6.51. The Morgan fingerprint density at radius 2 is 1.48 bits per heavy atom. The third-order valence-corrected chi connectivity index (χ3v) is 4.22. The Balaban J connectivity index is 2.00. The minimum atomic E-state index is -0.257. The SMILES string of the molecule is O=C(/C(=N\N=C\c1cc(Cl)cc(Cl)c1O)c1ccccc1)c1ccccc1. The third kappa shape index (κ3) is 4.61. The Morgan fingerprint density at radius 1 is 0.889 bits per heavy atom. The van der Waals surface area contributed by atoms with Gasteiger partial charge in [-0.1, -0.05) is 83.9 Å². The highest BCUT2D eigenvalue weighted by atomic mass is 35.5. The van der Waals surface area contributed by atoms with E-state index in [-0.39, 0.29) is 22.3 Å². The molecule has 0 aliphatic heterocycles. The molecule has 0 saturated heterocycles. The molecule has 0 fully saturated rings. The van der Waals surface area contributed by atoms with E-state index in [0.29, 0.717) is 21.7 Å². The topological polar surface area (TPSA) is 62.0 Å². The summed E-state index contributed by atoms with van der Waals surface area (Å²) in [4.78, 5) is 12.9. The van der Waals surface area contributed by atoms with Gasteiger partial charge in [0.15, 0.2) is 0 Å². The number of hydrogen-bond acceptors (Lipinski definition) is 4. The van der Waals surface area contributed by atoms with E-state index in [1.807, 2.05) is 24.3 Å². The van der Waals surface area contributed by atoms with Crippen LogP contribution in [-0.4, -0.2) is 22.8 Å². The van der Waals surface area contributed by atoms with Gasteiger partial charge in [-0.15, -0.1) is 5.10 Å². The molecule has 0 atom stereocenters. The molecule has 0 heterocycles. The number of phenolic OH excluding ortho intramolecular Hbond substituents is 1. The van der Waals surface area contributed by atoms with Gasteiger partial charge < -0.3 is 5.11 Å². The summed E-state index contributed by atoms with van der Waals surface area (Å²) in [6.45, 7) is 0. The third-order valence-electron chi connectivity index (χ3n) is 3.71. The number of rotatable bonds is 5. The van der Waals surface area contributed by atoms with Crippen LogP contribution in [0.1, 0.15) is 21.5 Å². The van der Waals surface area contributed by atoms with Gasteiger partial charge in [0.2, 0.25) is 5.78 Å². The molecule has 0 aliphatic rings. The molecule has 0 spiro atoms. The predicted octanol–water partition coefficient (Wildman–Crippen LogP) is 5.41. The van der Waals surface area contributed by atoms with Crippen LogP contribution in [0.15, 0.2) is 83.0 Å². The molecule has 0 aliphatic carbocycles. The fourth-order valence-electron chi connectivity index (χ4n) is 2.39. The van der Waals surface area contributed by atoms with Crippen LogP contribution in [0.3, 0.4) is 0 Å². The number of nitrogens with zero attached hydrogens (tertiary/aromatic N) is 2. The average Bonchev–Trinajstić information content (AvgIpc) is 2.69. The summed E-state index contributed by atoms with van der Waals surface area (Å²) < 4.78 is 0. The van der Waals surface area contributed by atoms with Crippen LogP contribution in [0.25, 0.3) is 0 Å². The number of benzene rings is 3. The first kappa shape index (κ1) is 18.8. The van der Waals surface area contributed by atoms with Crippen molar-refractivity contribution in [3.05, 3.63) is 99.5 Å². The first-order valence-electron chi connectivity index (χ1n) is 8.00. The molecule has 0 saturated carbocycles. The van der Waals surface area contributed by atoms with Gasteiger partial charge in [-0.05, 0) is 12.1 Å². The van der Waals surface area contributed by atoms with Crippen LogP contribution in [0.5, 0.6) is 5.75 Å². The van der Waals surface area contributed by atoms with E-state index in [9.17, 15) is 9.90 Å². The van der Waals surface area contributed by atoms with Crippen molar-refractivity contribution in [1.29, 1.82) is 0 Å². The molecule has 3 aromatic rings. The van der Waals surface area contributed by atoms with Crippen molar-refractivity contribution in [2.75, 3.05) is 0 Å². The number of phenols is 1. The Kier molecular flexibility index (Phi) is 6.01. The molecule has 0 aromatic heterocycles. The summed E-state index contributed by atoms with van der Waals surface area (Å²) in [5.41, 5.74) is 1.63. The van der Waals surface area contributed by atoms with E-state index in [1.54, 1.807) is 36.4 Å². The maximum atomic E-state index is 12.9. The van der Waals surface area contributed by atoms with Crippen LogP contribution >= 0.6 is 23.2 Å². The summed E-state index contributed by atoms with van der Waals surface area (Å²) in [5.74, 6) is -0.414. The van der Waals surface area contributed by atoms with E-state index in [0.717, 1.165) is 0 Å². The van der Waals surface area contributed by atoms with Gasteiger partial charge in [-0.2, -0.15) is 5.10 Å². The lowest BCUT2D eigenvalue weighted by Crippen LogP contribution is -2.15. The van der Waals surface area contributed by atoms with E-state index in [4.69, 9.17) is 23.2 Å². The quantitative estimate of drug-likeness (QED) is 0.356. The lowest BCUT2D eigenvalue weighted by Gasteiger charge is -2.05. The van der Waals surface area contributed by atoms with Gasteiger partial charge in [-0.3, -0.25) is 4.79 Å². The van der Waals surface area contributed by atoms with Gasteiger partial charge >= 0.3 is 0 Å². The van der Waals surface area contributed by atoms with Gasteiger partial charge in [0.05, 0.1) is 11.2 Å². The van der Waals surface area contributed by atoms with Crippen molar-refractivity contribution in [3.63, 3.8) is 0 Å². The summed E-state index contributed by atoms with van der Waals surface area (Å²) in [5, 5.41) is 18.5. The van der Waals surface area contributed by atoms with E-state index in [1.165, 1.54) is 18.3 Å². The van der Waals surface area contributed by atoms with E-state index < -0.39 is 0 Å². The van der Waals surface area contributed by atoms with E-state index >= 15 is 0 Å². The second-order valence-corrected chi connectivity index (χ2v) is 6.42. The fourth-order valence-corrected chi connectivity index (χ4v) is 2.90. The predicted molar refractivity (Wildman–Crippen MR) is 109 cm³/mol. The lowest BCUT2D eigenvalue weighted by molar-refractivity contribution is 0.106. The van der Waals surface area contributed by atoms with Gasteiger partial charge in [0.1, 0.15) is 11.5 Å². The molecule has 6 heteroatoms. The van der Waals surface area contributed by atoms with Crippen LogP contribution < -0.4 is 0 Å². The van der Waals surface area contributed by atoms with E-state index in [2.05, 4.69) is 10.2 Å². The number of halogens is 2. The number of Topliss-reactive ketones (excluding diaryl/α,β-unsaturated/α-hetero) is 1. The minimum absolute atomic E-state index is 0.108. The molecule has 27 heavy (non-hydrogen) atoms. The van der Waals surface area contributed by atoms with Crippen molar-refractivity contribution in [1.82, 2.24) is 0 Å². The maximum Gasteiger partial charge on any atom is 0.213 e.